The van der Waals surface area contributed by atoms with Crippen LogP contribution in [0, 0.1) is 6.92 Å². The molecule has 5 heteroatoms. The molecule has 3 N–H and O–H groups in total. The van der Waals surface area contributed by atoms with Crippen LogP contribution in [0.4, 0.5) is 5.82 Å². The Morgan fingerprint density at radius 2 is 2.35 bits per heavy atom. The van der Waals surface area contributed by atoms with Gasteiger partial charge in [0.2, 0.25) is 0 Å². The molecule has 1 atom stereocenters. The third kappa shape index (κ3) is 2.85. The molecule has 1 aromatic rings. The zero-order chi connectivity index (χ0) is 12.3. The van der Waals surface area contributed by atoms with Gasteiger partial charge in [-0.05, 0) is 19.8 Å². The molecule has 1 aliphatic heterocycles. The number of hydrogen-bond acceptors (Lipinski definition) is 4. The summed E-state index contributed by atoms with van der Waals surface area (Å²) in [6.07, 6.45) is 4.67. The second-order valence-corrected chi connectivity index (χ2v) is 4.62. The van der Waals surface area contributed by atoms with Gasteiger partial charge in [-0.25, -0.2) is 4.98 Å². The van der Waals surface area contributed by atoms with Crippen molar-refractivity contribution >= 4 is 5.82 Å². The molecule has 0 aliphatic carbocycles. The summed E-state index contributed by atoms with van der Waals surface area (Å²) in [7, 11) is 0. The van der Waals surface area contributed by atoms with Crippen molar-refractivity contribution in [2.75, 3.05) is 18.0 Å². The Hall–Kier alpha value is -1.36. The molecule has 2 rings (SSSR count). The minimum Gasteiger partial charge on any atom is -0.352 e. The van der Waals surface area contributed by atoms with Crippen molar-refractivity contribution in [2.45, 2.75) is 38.6 Å². The number of nitrogens with two attached hydrogens (primary N) is 1. The van der Waals surface area contributed by atoms with Crippen molar-refractivity contribution in [3.05, 3.63) is 22.2 Å². The lowest BCUT2D eigenvalue weighted by Crippen LogP contribution is -2.41. The highest BCUT2D eigenvalue weighted by Crippen LogP contribution is 2.21. The van der Waals surface area contributed by atoms with Crippen LogP contribution in [0.25, 0.3) is 0 Å². The van der Waals surface area contributed by atoms with Gasteiger partial charge in [0.25, 0.3) is 5.56 Å². The molecule has 0 radical (unpaired) electrons. The van der Waals surface area contributed by atoms with E-state index in [2.05, 4.69) is 14.9 Å². The highest BCUT2D eigenvalue weighted by molar-refractivity contribution is 5.39. The van der Waals surface area contributed by atoms with E-state index in [1.165, 1.54) is 12.8 Å². The van der Waals surface area contributed by atoms with Gasteiger partial charge in [0.05, 0.1) is 0 Å². The summed E-state index contributed by atoms with van der Waals surface area (Å²) >= 11 is 0. The lowest BCUT2D eigenvalue weighted by atomic mass is 10.1. The summed E-state index contributed by atoms with van der Waals surface area (Å²) < 4.78 is 0. The molecule has 1 aromatic heterocycles. The average Bonchev–Trinajstić information content (AvgIpc) is 2.52. The Bertz CT molecular complexity index is 429. The fraction of sp³-hybridized carbons (Fsp3) is 0.667. The lowest BCUT2D eigenvalue weighted by molar-refractivity contribution is 0.574. The zero-order valence-electron chi connectivity index (χ0n) is 10.3. The van der Waals surface area contributed by atoms with Gasteiger partial charge in [0.1, 0.15) is 11.6 Å². The molecule has 0 saturated carbocycles. The highest BCUT2D eigenvalue weighted by atomic mass is 16.1. The molecule has 0 aromatic carbocycles. The van der Waals surface area contributed by atoms with Crippen molar-refractivity contribution in [2.24, 2.45) is 5.73 Å². The van der Waals surface area contributed by atoms with E-state index in [9.17, 15) is 4.79 Å². The molecule has 0 amide bonds. The van der Waals surface area contributed by atoms with E-state index < -0.39 is 0 Å². The van der Waals surface area contributed by atoms with Crippen LogP contribution in [-0.4, -0.2) is 29.1 Å². The average molecular weight is 236 g/mol. The first kappa shape index (κ1) is 12.1. The van der Waals surface area contributed by atoms with Gasteiger partial charge in [-0.1, -0.05) is 12.8 Å². The fourth-order valence-electron chi connectivity index (χ4n) is 2.43. The molecule has 94 valence electrons. The molecular formula is C12H20N4O. The van der Waals surface area contributed by atoms with Gasteiger partial charge in [-0.2, -0.15) is 0 Å². The summed E-state index contributed by atoms with van der Waals surface area (Å²) in [6, 6.07) is 1.88. The van der Waals surface area contributed by atoms with Crippen molar-refractivity contribution in [1.29, 1.82) is 0 Å². The zero-order valence-corrected chi connectivity index (χ0v) is 10.3. The first-order chi connectivity index (χ1) is 8.20. The topological polar surface area (TPSA) is 75.0 Å². The standard InChI is InChI=1S/C12H20N4O/c1-9-14-11(7-12(17)15-9)16-6-4-2-3-5-10(16)8-13/h7,10H,2-6,8,13H2,1H3,(H,14,15,17). The van der Waals surface area contributed by atoms with Crippen molar-refractivity contribution < 1.29 is 0 Å². The van der Waals surface area contributed by atoms with Crippen LogP contribution in [0.3, 0.4) is 0 Å². The predicted octanol–water partition coefficient (Wildman–Crippen LogP) is 0.786. The molecule has 2 heterocycles. The molecule has 0 bridgehead atoms. The van der Waals surface area contributed by atoms with E-state index in [4.69, 9.17) is 5.73 Å². The SMILES string of the molecule is Cc1nc(N2CCCCCC2CN)cc(=O)[nH]1. The third-order valence-electron chi connectivity index (χ3n) is 3.29. The van der Waals surface area contributed by atoms with Gasteiger partial charge in [0, 0.05) is 25.2 Å². The normalized spacial score (nSPS) is 21.3. The van der Waals surface area contributed by atoms with Crippen LogP contribution in [0.5, 0.6) is 0 Å². The fourth-order valence-corrected chi connectivity index (χ4v) is 2.43. The van der Waals surface area contributed by atoms with Gasteiger partial charge >= 0.3 is 0 Å². The Labute approximate surface area is 101 Å². The molecule has 1 aliphatic rings. The number of anilines is 1. The Balaban J connectivity index is 2.31. The number of nitrogens with zero attached hydrogens (tertiary/aromatic N) is 2. The van der Waals surface area contributed by atoms with E-state index in [1.54, 1.807) is 13.0 Å². The van der Waals surface area contributed by atoms with Gasteiger partial charge in [0.15, 0.2) is 0 Å². The van der Waals surface area contributed by atoms with Crippen molar-refractivity contribution in [3.8, 4) is 0 Å². The van der Waals surface area contributed by atoms with Crippen LogP contribution in [0.1, 0.15) is 31.5 Å². The number of rotatable bonds is 2. The van der Waals surface area contributed by atoms with Crippen molar-refractivity contribution in [1.82, 2.24) is 9.97 Å². The Morgan fingerprint density at radius 1 is 1.53 bits per heavy atom. The number of H-pyrrole nitrogens is 1. The number of nitrogens with one attached hydrogen (secondary N) is 1. The largest absolute Gasteiger partial charge is 0.352 e. The monoisotopic (exact) mass is 236 g/mol. The maximum absolute atomic E-state index is 11.5. The Morgan fingerprint density at radius 3 is 3.06 bits per heavy atom. The van der Waals surface area contributed by atoms with Crippen LogP contribution >= 0.6 is 0 Å². The van der Waals surface area contributed by atoms with E-state index in [0.29, 0.717) is 18.4 Å². The molecule has 5 nitrogen and oxygen atoms in total. The maximum Gasteiger partial charge on any atom is 0.252 e. The second-order valence-electron chi connectivity index (χ2n) is 4.62. The van der Waals surface area contributed by atoms with Crippen LogP contribution < -0.4 is 16.2 Å². The molecule has 1 saturated heterocycles. The highest BCUT2D eigenvalue weighted by Gasteiger charge is 2.21. The van der Waals surface area contributed by atoms with Crippen molar-refractivity contribution in [3.63, 3.8) is 0 Å². The lowest BCUT2D eigenvalue weighted by Gasteiger charge is -2.30. The molecule has 1 unspecified atom stereocenters. The predicted molar refractivity (Wildman–Crippen MR) is 68.3 cm³/mol. The summed E-state index contributed by atoms with van der Waals surface area (Å²) in [5, 5.41) is 0. The van der Waals surface area contributed by atoms with Gasteiger partial charge < -0.3 is 15.6 Å². The summed E-state index contributed by atoms with van der Waals surface area (Å²) in [5.74, 6) is 1.43. The van der Waals surface area contributed by atoms with Gasteiger partial charge in [-0.3, -0.25) is 4.79 Å². The van der Waals surface area contributed by atoms with Crippen LogP contribution in [0.2, 0.25) is 0 Å². The quantitative estimate of drug-likeness (QED) is 0.796. The summed E-state index contributed by atoms with van der Waals surface area (Å²) in [6.45, 7) is 3.37. The third-order valence-corrected chi connectivity index (χ3v) is 3.29. The van der Waals surface area contributed by atoms with E-state index in [1.807, 2.05) is 0 Å². The Kier molecular flexibility index (Phi) is 3.78. The number of aromatic nitrogens is 2. The molecular weight excluding hydrogens is 216 g/mol. The van der Waals surface area contributed by atoms with E-state index in [-0.39, 0.29) is 5.56 Å². The van der Waals surface area contributed by atoms with E-state index in [0.717, 1.165) is 25.2 Å². The van der Waals surface area contributed by atoms with E-state index >= 15 is 0 Å². The molecule has 17 heavy (non-hydrogen) atoms. The second kappa shape index (κ2) is 5.31. The number of aryl methyl sites for hydroxylation is 1. The number of hydrogen-bond donors (Lipinski definition) is 2. The molecule has 1 fully saturated rings. The molecule has 0 spiro atoms. The minimum atomic E-state index is -0.0903. The summed E-state index contributed by atoms with van der Waals surface area (Å²) in [4.78, 5) is 20.8. The first-order valence-corrected chi connectivity index (χ1v) is 6.25. The first-order valence-electron chi connectivity index (χ1n) is 6.25. The van der Waals surface area contributed by atoms with Gasteiger partial charge in [-0.15, -0.1) is 0 Å². The van der Waals surface area contributed by atoms with Crippen LogP contribution in [0.15, 0.2) is 10.9 Å². The number of aromatic amines is 1. The minimum absolute atomic E-state index is 0.0903. The maximum atomic E-state index is 11.5. The smallest absolute Gasteiger partial charge is 0.252 e. The summed E-state index contributed by atoms with van der Waals surface area (Å²) in [5.41, 5.74) is 5.73. The van der Waals surface area contributed by atoms with Crippen LogP contribution in [-0.2, 0) is 0 Å².